The van der Waals surface area contributed by atoms with Crippen LogP contribution in [-0.2, 0) is 6.42 Å². The number of para-hydroxylation sites is 1. The SMILES string of the molecule is COc1ccc(C(C)N2CCC(N3CCc4ccccc43)CC2)s1. The Labute approximate surface area is 148 Å². The zero-order chi connectivity index (χ0) is 16.5. The van der Waals surface area contributed by atoms with E-state index in [4.69, 9.17) is 4.74 Å². The predicted octanol–water partition coefficient (Wildman–Crippen LogP) is 4.34. The average Bonchev–Trinajstić information content (AvgIpc) is 3.28. The molecule has 0 amide bonds. The molecule has 0 bridgehead atoms. The summed E-state index contributed by atoms with van der Waals surface area (Å²) in [6, 6.07) is 14.4. The second-order valence-corrected chi connectivity index (χ2v) is 7.95. The van der Waals surface area contributed by atoms with Gasteiger partial charge >= 0.3 is 0 Å². The Morgan fingerprint density at radius 1 is 1.08 bits per heavy atom. The largest absolute Gasteiger partial charge is 0.487 e. The third-order valence-corrected chi connectivity index (χ3v) is 6.84. The first-order valence-corrected chi connectivity index (χ1v) is 9.80. The molecule has 3 heterocycles. The van der Waals surface area contributed by atoms with Crippen LogP contribution in [0.1, 0.15) is 36.2 Å². The summed E-state index contributed by atoms with van der Waals surface area (Å²) in [4.78, 5) is 6.70. The summed E-state index contributed by atoms with van der Waals surface area (Å²) in [6.45, 7) is 5.90. The van der Waals surface area contributed by atoms with Crippen LogP contribution in [0.3, 0.4) is 0 Å². The maximum atomic E-state index is 5.34. The molecule has 1 unspecified atom stereocenters. The zero-order valence-corrected chi connectivity index (χ0v) is 15.4. The fourth-order valence-electron chi connectivity index (χ4n) is 4.18. The second-order valence-electron chi connectivity index (χ2n) is 6.88. The van der Waals surface area contributed by atoms with E-state index in [2.05, 4.69) is 53.1 Å². The maximum absolute atomic E-state index is 5.34. The number of anilines is 1. The molecule has 0 spiro atoms. The number of fused-ring (bicyclic) bond motifs is 1. The van der Waals surface area contributed by atoms with Crippen LogP contribution in [-0.4, -0.2) is 37.7 Å². The maximum Gasteiger partial charge on any atom is 0.173 e. The standard InChI is InChI=1S/C20H26N2OS/c1-15(19-7-8-20(23-2)24-19)21-12-10-17(11-13-21)22-14-9-16-5-3-4-6-18(16)22/h3-8,15,17H,9-14H2,1-2H3. The topological polar surface area (TPSA) is 15.7 Å². The quantitative estimate of drug-likeness (QED) is 0.822. The highest BCUT2D eigenvalue weighted by atomic mass is 32.1. The first kappa shape index (κ1) is 16.0. The first-order chi connectivity index (χ1) is 11.8. The molecule has 1 aromatic heterocycles. The van der Waals surface area contributed by atoms with Crippen LogP contribution in [0.5, 0.6) is 5.06 Å². The van der Waals surface area contributed by atoms with E-state index < -0.39 is 0 Å². The lowest BCUT2D eigenvalue weighted by atomic mass is 10.0. The molecule has 0 aliphatic carbocycles. The Kier molecular flexibility index (Phi) is 4.51. The van der Waals surface area contributed by atoms with E-state index >= 15 is 0 Å². The smallest absolute Gasteiger partial charge is 0.173 e. The summed E-state index contributed by atoms with van der Waals surface area (Å²) in [5.74, 6) is 0. The number of rotatable bonds is 4. The van der Waals surface area contributed by atoms with Gasteiger partial charge in [0.2, 0.25) is 0 Å². The Morgan fingerprint density at radius 3 is 2.62 bits per heavy atom. The van der Waals surface area contributed by atoms with Crippen molar-refractivity contribution in [3.8, 4) is 5.06 Å². The van der Waals surface area contributed by atoms with Gasteiger partial charge in [-0.25, -0.2) is 0 Å². The molecule has 1 atom stereocenters. The monoisotopic (exact) mass is 342 g/mol. The van der Waals surface area contributed by atoms with Crippen LogP contribution < -0.4 is 9.64 Å². The highest BCUT2D eigenvalue weighted by molar-refractivity contribution is 7.13. The van der Waals surface area contributed by atoms with Crippen LogP contribution in [0.15, 0.2) is 36.4 Å². The minimum absolute atomic E-state index is 0.491. The lowest BCUT2D eigenvalue weighted by Gasteiger charge is -2.40. The van der Waals surface area contributed by atoms with Crippen molar-refractivity contribution in [3.05, 3.63) is 46.8 Å². The number of likely N-dealkylation sites (tertiary alicyclic amines) is 1. The number of thiophene rings is 1. The fourth-order valence-corrected chi connectivity index (χ4v) is 5.08. The summed E-state index contributed by atoms with van der Waals surface area (Å²) < 4.78 is 5.34. The lowest BCUT2D eigenvalue weighted by molar-refractivity contribution is 0.163. The van der Waals surface area contributed by atoms with Gasteiger partial charge in [-0.2, -0.15) is 0 Å². The molecular formula is C20H26N2OS. The van der Waals surface area contributed by atoms with Crippen molar-refractivity contribution < 1.29 is 4.74 Å². The molecule has 4 rings (SSSR count). The molecule has 128 valence electrons. The van der Waals surface area contributed by atoms with E-state index in [-0.39, 0.29) is 0 Å². The van der Waals surface area contributed by atoms with Crippen LogP contribution in [0.4, 0.5) is 5.69 Å². The molecule has 0 saturated carbocycles. The Hall–Kier alpha value is -1.52. The van der Waals surface area contributed by atoms with E-state index in [9.17, 15) is 0 Å². The van der Waals surface area contributed by atoms with Crippen LogP contribution >= 0.6 is 11.3 Å². The predicted molar refractivity (Wildman–Crippen MR) is 101 cm³/mol. The molecule has 1 saturated heterocycles. The van der Waals surface area contributed by atoms with Crippen molar-refractivity contribution in [1.82, 2.24) is 4.90 Å². The van der Waals surface area contributed by atoms with Gasteiger partial charge in [-0.1, -0.05) is 18.2 Å². The van der Waals surface area contributed by atoms with Gasteiger partial charge in [0.1, 0.15) is 0 Å². The highest BCUT2D eigenvalue weighted by Crippen LogP contribution is 2.36. The van der Waals surface area contributed by atoms with Gasteiger partial charge < -0.3 is 9.64 Å². The number of piperidine rings is 1. The number of hydrogen-bond donors (Lipinski definition) is 0. The second kappa shape index (κ2) is 6.77. The molecule has 4 heteroatoms. The Bertz CT molecular complexity index is 690. The van der Waals surface area contributed by atoms with E-state index in [1.54, 1.807) is 18.4 Å². The molecule has 0 N–H and O–H groups in total. The molecule has 24 heavy (non-hydrogen) atoms. The molecule has 0 radical (unpaired) electrons. The number of hydrogen-bond acceptors (Lipinski definition) is 4. The highest BCUT2D eigenvalue weighted by Gasteiger charge is 2.30. The molecule has 1 aromatic carbocycles. The number of nitrogens with zero attached hydrogens (tertiary/aromatic N) is 2. The van der Waals surface area contributed by atoms with Crippen molar-refractivity contribution in [2.24, 2.45) is 0 Å². The summed E-state index contributed by atoms with van der Waals surface area (Å²) in [5.41, 5.74) is 3.01. The third kappa shape index (κ3) is 2.93. The first-order valence-electron chi connectivity index (χ1n) is 8.98. The third-order valence-electron chi connectivity index (χ3n) is 5.63. The molecule has 2 aliphatic rings. The van der Waals surface area contributed by atoms with Crippen LogP contribution in [0.25, 0.3) is 0 Å². The van der Waals surface area contributed by atoms with Gasteiger partial charge in [0.25, 0.3) is 0 Å². The zero-order valence-electron chi connectivity index (χ0n) is 14.6. The van der Waals surface area contributed by atoms with E-state index in [1.165, 1.54) is 55.0 Å². The summed E-state index contributed by atoms with van der Waals surface area (Å²) in [6.07, 6.45) is 3.74. The minimum atomic E-state index is 0.491. The Morgan fingerprint density at radius 2 is 1.88 bits per heavy atom. The Balaban J connectivity index is 1.39. The summed E-state index contributed by atoms with van der Waals surface area (Å²) in [7, 11) is 1.75. The van der Waals surface area contributed by atoms with Gasteiger partial charge in [-0.15, -0.1) is 11.3 Å². The van der Waals surface area contributed by atoms with Gasteiger partial charge in [-0.3, -0.25) is 4.90 Å². The van der Waals surface area contributed by atoms with Crippen molar-refractivity contribution in [1.29, 1.82) is 0 Å². The van der Waals surface area contributed by atoms with Gasteiger partial charge in [0.05, 0.1) is 7.11 Å². The van der Waals surface area contributed by atoms with E-state index in [0.29, 0.717) is 12.1 Å². The molecular weight excluding hydrogens is 316 g/mol. The van der Waals surface area contributed by atoms with Gasteiger partial charge in [0, 0.05) is 42.3 Å². The molecule has 2 aromatic rings. The van der Waals surface area contributed by atoms with Crippen LogP contribution in [0, 0.1) is 0 Å². The normalized spacial score (nSPS) is 20.2. The fraction of sp³-hybridized carbons (Fsp3) is 0.500. The number of methoxy groups -OCH3 is 1. The van der Waals surface area contributed by atoms with Crippen LogP contribution in [0.2, 0.25) is 0 Å². The summed E-state index contributed by atoms with van der Waals surface area (Å²) >= 11 is 1.78. The van der Waals surface area contributed by atoms with Crippen molar-refractivity contribution in [2.45, 2.75) is 38.3 Å². The average molecular weight is 343 g/mol. The van der Waals surface area contributed by atoms with Crippen molar-refractivity contribution >= 4 is 17.0 Å². The molecule has 3 nitrogen and oxygen atoms in total. The number of benzene rings is 1. The van der Waals surface area contributed by atoms with Crippen molar-refractivity contribution in [3.63, 3.8) is 0 Å². The molecule has 2 aliphatic heterocycles. The lowest BCUT2D eigenvalue weighted by Crippen LogP contribution is -2.45. The van der Waals surface area contributed by atoms with E-state index in [0.717, 1.165) is 5.06 Å². The van der Waals surface area contributed by atoms with Gasteiger partial charge in [-0.05, 0) is 49.9 Å². The van der Waals surface area contributed by atoms with E-state index in [1.807, 2.05) is 0 Å². The number of ether oxygens (including phenoxy) is 1. The van der Waals surface area contributed by atoms with Gasteiger partial charge in [0.15, 0.2) is 5.06 Å². The van der Waals surface area contributed by atoms with Crippen molar-refractivity contribution in [2.75, 3.05) is 31.6 Å². The summed E-state index contributed by atoms with van der Waals surface area (Å²) in [5, 5.41) is 1.01. The molecule has 1 fully saturated rings. The minimum Gasteiger partial charge on any atom is -0.487 e.